The number of aliphatic hydroxyl groups is 1. The Labute approximate surface area is 133 Å². The fraction of sp³-hybridized carbons (Fsp3) is 0.647. The molecule has 0 radical (unpaired) electrons. The summed E-state index contributed by atoms with van der Waals surface area (Å²) in [5.74, 6) is 0.443. The van der Waals surface area contributed by atoms with E-state index in [-0.39, 0.29) is 6.10 Å². The highest BCUT2D eigenvalue weighted by Crippen LogP contribution is 2.23. The predicted molar refractivity (Wildman–Crippen MR) is 88.7 cm³/mol. The second kappa shape index (κ2) is 8.14. The van der Waals surface area contributed by atoms with Gasteiger partial charge in [-0.15, -0.1) is 0 Å². The molecule has 0 aromatic heterocycles. The molecule has 21 heavy (non-hydrogen) atoms. The summed E-state index contributed by atoms with van der Waals surface area (Å²) in [4.78, 5) is 2.47. The van der Waals surface area contributed by atoms with Crippen LogP contribution >= 0.6 is 11.6 Å². The van der Waals surface area contributed by atoms with Gasteiger partial charge in [-0.2, -0.15) is 0 Å². The monoisotopic (exact) mass is 310 g/mol. The Morgan fingerprint density at radius 3 is 2.67 bits per heavy atom. The number of hydrogen-bond donors (Lipinski definition) is 2. The maximum absolute atomic E-state index is 9.68. The van der Waals surface area contributed by atoms with Gasteiger partial charge in [0.05, 0.1) is 6.10 Å². The van der Waals surface area contributed by atoms with E-state index in [0.29, 0.717) is 12.0 Å². The van der Waals surface area contributed by atoms with Crippen LogP contribution in [-0.2, 0) is 0 Å². The third kappa shape index (κ3) is 4.96. The summed E-state index contributed by atoms with van der Waals surface area (Å²) in [5.41, 5.74) is 1.30. The van der Waals surface area contributed by atoms with Crippen LogP contribution in [0, 0.1) is 5.92 Å². The summed E-state index contributed by atoms with van der Waals surface area (Å²) >= 11 is 5.97. The molecule has 0 amide bonds. The Bertz CT molecular complexity index is 421. The van der Waals surface area contributed by atoms with E-state index in [1.54, 1.807) is 0 Å². The number of hydrogen-bond acceptors (Lipinski definition) is 3. The average molecular weight is 311 g/mol. The second-order valence-corrected chi connectivity index (χ2v) is 6.48. The lowest BCUT2D eigenvalue weighted by Gasteiger charge is -2.23. The summed E-state index contributed by atoms with van der Waals surface area (Å²) in [6, 6.07) is 8.51. The van der Waals surface area contributed by atoms with E-state index >= 15 is 0 Å². The number of aliphatic hydroxyl groups excluding tert-OH is 1. The van der Waals surface area contributed by atoms with E-state index in [2.05, 4.69) is 29.3 Å². The highest BCUT2D eigenvalue weighted by molar-refractivity contribution is 6.30. The molecule has 1 aliphatic rings. The van der Waals surface area contributed by atoms with E-state index in [4.69, 9.17) is 11.6 Å². The highest BCUT2D eigenvalue weighted by atomic mass is 35.5. The molecule has 1 heterocycles. The van der Waals surface area contributed by atoms with Crippen LogP contribution < -0.4 is 5.32 Å². The van der Waals surface area contributed by atoms with Crippen molar-refractivity contribution in [1.82, 2.24) is 10.2 Å². The molecule has 1 aromatic rings. The van der Waals surface area contributed by atoms with E-state index in [1.807, 2.05) is 19.1 Å². The largest absolute Gasteiger partial charge is 0.393 e. The summed E-state index contributed by atoms with van der Waals surface area (Å²) in [6.45, 7) is 8.21. The van der Waals surface area contributed by atoms with Crippen molar-refractivity contribution in [3.8, 4) is 0 Å². The normalized spacial score (nSPS) is 22.4. The number of halogens is 1. The molecule has 2 rings (SSSR count). The smallest absolute Gasteiger partial charge is 0.0552 e. The number of likely N-dealkylation sites (tertiary alicyclic amines) is 1. The maximum Gasteiger partial charge on any atom is 0.0552 e. The van der Waals surface area contributed by atoms with Crippen molar-refractivity contribution in [2.24, 2.45) is 5.92 Å². The van der Waals surface area contributed by atoms with Gasteiger partial charge in [-0.1, -0.05) is 30.7 Å². The van der Waals surface area contributed by atoms with Gasteiger partial charge in [0.2, 0.25) is 0 Å². The van der Waals surface area contributed by atoms with Gasteiger partial charge in [-0.3, -0.25) is 0 Å². The molecule has 0 bridgehead atoms. The highest BCUT2D eigenvalue weighted by Gasteiger charge is 2.26. The molecular weight excluding hydrogens is 284 g/mol. The van der Waals surface area contributed by atoms with Gasteiger partial charge in [-0.25, -0.2) is 0 Å². The molecule has 3 nitrogen and oxygen atoms in total. The Hall–Kier alpha value is -0.610. The molecule has 0 spiro atoms. The van der Waals surface area contributed by atoms with Crippen molar-refractivity contribution in [2.75, 3.05) is 26.2 Å². The molecule has 1 saturated heterocycles. The zero-order valence-electron chi connectivity index (χ0n) is 13.1. The summed E-state index contributed by atoms with van der Waals surface area (Å²) < 4.78 is 0. The first-order valence-corrected chi connectivity index (χ1v) is 8.37. The third-order valence-corrected chi connectivity index (χ3v) is 4.70. The van der Waals surface area contributed by atoms with Crippen molar-refractivity contribution in [1.29, 1.82) is 0 Å². The molecule has 0 aliphatic carbocycles. The van der Waals surface area contributed by atoms with Gasteiger partial charge in [0.25, 0.3) is 0 Å². The van der Waals surface area contributed by atoms with Crippen LogP contribution in [0.15, 0.2) is 24.3 Å². The van der Waals surface area contributed by atoms with Gasteiger partial charge in [0.15, 0.2) is 0 Å². The van der Waals surface area contributed by atoms with Crippen molar-refractivity contribution < 1.29 is 5.11 Å². The molecule has 4 heteroatoms. The molecule has 3 unspecified atom stereocenters. The minimum atomic E-state index is -0.184. The van der Waals surface area contributed by atoms with Gasteiger partial charge < -0.3 is 15.3 Å². The summed E-state index contributed by atoms with van der Waals surface area (Å²) in [6.07, 6.45) is 2.02. The second-order valence-electron chi connectivity index (χ2n) is 6.04. The Kier molecular flexibility index (Phi) is 6.49. The lowest BCUT2D eigenvalue weighted by Crippen LogP contribution is -2.29. The number of nitrogens with one attached hydrogen (secondary N) is 1. The van der Waals surface area contributed by atoms with Crippen LogP contribution in [0.1, 0.15) is 38.3 Å². The molecule has 1 aliphatic heterocycles. The lowest BCUT2D eigenvalue weighted by atomic mass is 10.0. The van der Waals surface area contributed by atoms with Gasteiger partial charge in [0, 0.05) is 17.6 Å². The minimum absolute atomic E-state index is 0.184. The summed E-state index contributed by atoms with van der Waals surface area (Å²) in [5, 5.41) is 14.0. The first-order valence-electron chi connectivity index (χ1n) is 7.99. The van der Waals surface area contributed by atoms with Crippen molar-refractivity contribution in [2.45, 2.75) is 38.8 Å². The Morgan fingerprint density at radius 2 is 2.10 bits per heavy atom. The van der Waals surface area contributed by atoms with Gasteiger partial charge in [0.1, 0.15) is 0 Å². The van der Waals surface area contributed by atoms with Crippen LogP contribution in [-0.4, -0.2) is 42.3 Å². The molecule has 2 N–H and O–H groups in total. The van der Waals surface area contributed by atoms with Gasteiger partial charge >= 0.3 is 0 Å². The van der Waals surface area contributed by atoms with E-state index in [1.165, 1.54) is 5.56 Å². The van der Waals surface area contributed by atoms with E-state index < -0.39 is 0 Å². The molecule has 118 valence electrons. The SMILES string of the molecule is CCNC(CCN1CCC(C(C)O)C1)c1ccc(Cl)cc1. The van der Waals surface area contributed by atoms with E-state index in [0.717, 1.165) is 44.0 Å². The quantitative estimate of drug-likeness (QED) is 0.812. The van der Waals surface area contributed by atoms with Crippen molar-refractivity contribution >= 4 is 11.6 Å². The predicted octanol–water partition coefficient (Wildman–Crippen LogP) is 3.08. The van der Waals surface area contributed by atoms with Crippen LogP contribution in [0.5, 0.6) is 0 Å². The topological polar surface area (TPSA) is 35.5 Å². The first kappa shape index (κ1) is 16.8. The molecular formula is C17H27ClN2O. The Balaban J connectivity index is 1.87. The van der Waals surface area contributed by atoms with Crippen LogP contribution in [0.2, 0.25) is 5.02 Å². The molecule has 3 atom stereocenters. The average Bonchev–Trinajstić information content (AvgIpc) is 2.93. The number of rotatable bonds is 7. The number of nitrogens with zero attached hydrogens (tertiary/aromatic N) is 1. The minimum Gasteiger partial charge on any atom is -0.393 e. The first-order chi connectivity index (χ1) is 10.1. The molecule has 0 saturated carbocycles. The molecule has 1 aromatic carbocycles. The zero-order chi connectivity index (χ0) is 15.2. The van der Waals surface area contributed by atoms with Crippen molar-refractivity contribution in [3.63, 3.8) is 0 Å². The van der Waals surface area contributed by atoms with Crippen LogP contribution in [0.3, 0.4) is 0 Å². The van der Waals surface area contributed by atoms with Crippen LogP contribution in [0.4, 0.5) is 0 Å². The zero-order valence-corrected chi connectivity index (χ0v) is 13.8. The fourth-order valence-electron chi connectivity index (χ4n) is 3.10. The molecule has 1 fully saturated rings. The van der Waals surface area contributed by atoms with Crippen LogP contribution in [0.25, 0.3) is 0 Å². The van der Waals surface area contributed by atoms with Gasteiger partial charge in [-0.05, 0) is 63.0 Å². The third-order valence-electron chi connectivity index (χ3n) is 4.45. The number of benzene rings is 1. The summed E-state index contributed by atoms with van der Waals surface area (Å²) in [7, 11) is 0. The maximum atomic E-state index is 9.68. The standard InChI is InChI=1S/C17H27ClN2O/c1-3-19-17(14-4-6-16(18)7-5-14)9-11-20-10-8-15(12-20)13(2)21/h4-7,13,15,17,19,21H,3,8-12H2,1-2H3. The van der Waals surface area contributed by atoms with Crippen molar-refractivity contribution in [3.05, 3.63) is 34.9 Å². The lowest BCUT2D eigenvalue weighted by molar-refractivity contribution is 0.127. The Morgan fingerprint density at radius 1 is 1.38 bits per heavy atom. The van der Waals surface area contributed by atoms with E-state index in [9.17, 15) is 5.11 Å². The fourth-order valence-corrected chi connectivity index (χ4v) is 3.23.